The quantitative estimate of drug-likeness (QED) is 0.592. The first kappa shape index (κ1) is 17.6. The van der Waals surface area contributed by atoms with E-state index in [-0.39, 0.29) is 12.4 Å². The maximum atomic E-state index is 6.14. The van der Waals surface area contributed by atoms with E-state index < -0.39 is 0 Å². The van der Waals surface area contributed by atoms with Crippen molar-refractivity contribution in [1.82, 2.24) is 4.90 Å². The maximum absolute atomic E-state index is 6.14. The molecule has 3 rings (SSSR count). The number of hydrogen-bond donors (Lipinski definition) is 0. The predicted molar refractivity (Wildman–Crippen MR) is 100 cm³/mol. The van der Waals surface area contributed by atoms with Crippen molar-refractivity contribution in [2.45, 2.75) is 6.54 Å². The van der Waals surface area contributed by atoms with E-state index >= 15 is 0 Å². The Morgan fingerprint density at radius 1 is 1.09 bits per heavy atom. The number of rotatable bonds is 5. The average Bonchev–Trinajstić information content (AvgIpc) is 2.92. The zero-order valence-corrected chi connectivity index (χ0v) is 14.5. The molecule has 0 amide bonds. The molecule has 0 saturated heterocycles. The zero-order chi connectivity index (χ0) is 15.4. The Balaban J connectivity index is 0.00000192. The highest BCUT2D eigenvalue weighted by Gasteiger charge is 2.06. The molecule has 3 aromatic rings. The highest BCUT2D eigenvalue weighted by Crippen LogP contribution is 2.21. The lowest BCUT2D eigenvalue weighted by Gasteiger charge is -2.13. The number of hydrogen-bond acceptors (Lipinski definition) is 2. The molecule has 0 aliphatic rings. The molecule has 0 N–H and O–H groups in total. The first-order valence-corrected chi connectivity index (χ1v) is 7.66. The van der Waals surface area contributed by atoms with Gasteiger partial charge in [0.1, 0.15) is 5.58 Å². The van der Waals surface area contributed by atoms with Gasteiger partial charge in [0.05, 0.1) is 6.26 Å². The summed E-state index contributed by atoms with van der Waals surface area (Å²) in [4.78, 5) is 2.24. The Kier molecular flexibility index (Phi) is 6.28. The number of para-hydroxylation sites is 1. The molecule has 1 heterocycles. The van der Waals surface area contributed by atoms with Crippen molar-refractivity contribution >= 4 is 41.1 Å². The molecular formula is C19H19Cl2NO. The van der Waals surface area contributed by atoms with E-state index in [9.17, 15) is 0 Å². The summed E-state index contributed by atoms with van der Waals surface area (Å²) in [5.41, 5.74) is 3.20. The van der Waals surface area contributed by atoms with Crippen LogP contribution in [0.25, 0.3) is 17.0 Å². The van der Waals surface area contributed by atoms with Gasteiger partial charge in [0, 0.05) is 29.1 Å². The Labute approximate surface area is 147 Å². The predicted octanol–water partition coefficient (Wildman–Crippen LogP) is 5.65. The summed E-state index contributed by atoms with van der Waals surface area (Å²) in [7, 11) is 2.10. The fraction of sp³-hybridized carbons (Fsp3) is 0.158. The highest BCUT2D eigenvalue weighted by atomic mass is 35.5. The van der Waals surface area contributed by atoms with E-state index in [1.54, 1.807) is 0 Å². The summed E-state index contributed by atoms with van der Waals surface area (Å²) in [5.74, 6) is 0. The maximum Gasteiger partial charge on any atom is 0.134 e. The third kappa shape index (κ3) is 4.38. The van der Waals surface area contributed by atoms with E-state index in [0.29, 0.717) is 0 Å². The molecule has 1 aromatic heterocycles. The first-order valence-electron chi connectivity index (χ1n) is 7.29. The lowest BCUT2D eigenvalue weighted by Crippen LogP contribution is -2.17. The molecule has 0 aliphatic carbocycles. The van der Waals surface area contributed by atoms with Gasteiger partial charge in [-0.25, -0.2) is 0 Å². The summed E-state index contributed by atoms with van der Waals surface area (Å²) >= 11 is 6.14. The lowest BCUT2D eigenvalue weighted by atomic mass is 10.1. The van der Waals surface area contributed by atoms with Gasteiger partial charge in [0.15, 0.2) is 0 Å². The standard InChI is InChI=1S/C19H18ClNO.ClH/c1-21(12-6-8-15-7-2-4-10-18(15)20)13-16-14-22-19-11-5-3-9-17(16)19;/h2-11,14H,12-13H2,1H3;1H/b8-6+;. The number of likely N-dealkylation sites (N-methyl/N-ethyl adjacent to an activating group) is 1. The van der Waals surface area contributed by atoms with Crippen molar-refractivity contribution in [2.75, 3.05) is 13.6 Å². The van der Waals surface area contributed by atoms with E-state index in [1.807, 2.05) is 48.7 Å². The number of nitrogens with zero attached hydrogens (tertiary/aromatic N) is 1. The van der Waals surface area contributed by atoms with Crippen LogP contribution < -0.4 is 0 Å². The fourth-order valence-corrected chi connectivity index (χ4v) is 2.68. The molecule has 120 valence electrons. The van der Waals surface area contributed by atoms with Crippen LogP contribution in [0.2, 0.25) is 5.02 Å². The van der Waals surface area contributed by atoms with Gasteiger partial charge in [-0.1, -0.05) is 60.2 Å². The first-order chi connectivity index (χ1) is 10.7. The molecule has 0 aliphatic heterocycles. The summed E-state index contributed by atoms with van der Waals surface area (Å²) in [6.45, 7) is 1.70. The molecule has 0 saturated carbocycles. The SMILES string of the molecule is CN(C/C=C/c1ccccc1Cl)Cc1coc2ccccc12.Cl. The van der Waals surface area contributed by atoms with Gasteiger partial charge < -0.3 is 4.42 Å². The van der Waals surface area contributed by atoms with Gasteiger partial charge in [-0.15, -0.1) is 12.4 Å². The Morgan fingerprint density at radius 2 is 1.83 bits per heavy atom. The fourth-order valence-electron chi connectivity index (χ4n) is 2.48. The molecule has 0 atom stereocenters. The van der Waals surface area contributed by atoms with Crippen molar-refractivity contribution in [2.24, 2.45) is 0 Å². The van der Waals surface area contributed by atoms with Gasteiger partial charge in [-0.05, 0) is 24.7 Å². The minimum atomic E-state index is 0. The van der Waals surface area contributed by atoms with Crippen LogP contribution in [-0.2, 0) is 6.54 Å². The smallest absolute Gasteiger partial charge is 0.134 e. The van der Waals surface area contributed by atoms with E-state index in [0.717, 1.165) is 29.3 Å². The third-order valence-electron chi connectivity index (χ3n) is 3.62. The highest BCUT2D eigenvalue weighted by molar-refractivity contribution is 6.32. The van der Waals surface area contributed by atoms with Crippen LogP contribution in [0.1, 0.15) is 11.1 Å². The molecule has 0 unspecified atom stereocenters. The van der Waals surface area contributed by atoms with Crippen molar-refractivity contribution < 1.29 is 4.42 Å². The largest absolute Gasteiger partial charge is 0.464 e. The summed E-state index contributed by atoms with van der Waals surface area (Å²) in [6, 6.07) is 16.0. The van der Waals surface area contributed by atoms with Crippen LogP contribution in [0.15, 0.2) is 65.3 Å². The van der Waals surface area contributed by atoms with E-state index in [1.165, 1.54) is 10.9 Å². The van der Waals surface area contributed by atoms with E-state index in [2.05, 4.69) is 30.2 Å². The molecule has 2 nitrogen and oxygen atoms in total. The van der Waals surface area contributed by atoms with Gasteiger partial charge in [0.25, 0.3) is 0 Å². The van der Waals surface area contributed by atoms with Crippen LogP contribution in [0.3, 0.4) is 0 Å². The number of furan rings is 1. The van der Waals surface area contributed by atoms with Gasteiger partial charge in [-0.2, -0.15) is 0 Å². The second-order valence-corrected chi connectivity index (χ2v) is 5.78. The minimum Gasteiger partial charge on any atom is -0.464 e. The molecule has 23 heavy (non-hydrogen) atoms. The summed E-state index contributed by atoms with van der Waals surface area (Å²) in [5, 5.41) is 1.96. The Bertz CT molecular complexity index is 795. The monoisotopic (exact) mass is 347 g/mol. The molecule has 0 spiro atoms. The van der Waals surface area contributed by atoms with Crippen molar-refractivity contribution in [3.63, 3.8) is 0 Å². The molecule has 4 heteroatoms. The second kappa shape index (κ2) is 8.21. The number of benzene rings is 2. The number of fused-ring (bicyclic) bond motifs is 1. The van der Waals surface area contributed by atoms with Crippen LogP contribution in [0, 0.1) is 0 Å². The van der Waals surface area contributed by atoms with Crippen LogP contribution >= 0.6 is 24.0 Å². The zero-order valence-electron chi connectivity index (χ0n) is 12.9. The Morgan fingerprint density at radius 3 is 2.65 bits per heavy atom. The topological polar surface area (TPSA) is 16.4 Å². The van der Waals surface area contributed by atoms with Gasteiger partial charge >= 0.3 is 0 Å². The van der Waals surface area contributed by atoms with Crippen molar-refractivity contribution in [1.29, 1.82) is 0 Å². The normalized spacial score (nSPS) is 11.3. The molecule has 0 fully saturated rings. The van der Waals surface area contributed by atoms with Gasteiger partial charge in [0.2, 0.25) is 0 Å². The molecule has 0 bridgehead atoms. The minimum absolute atomic E-state index is 0. The Hall–Kier alpha value is -1.74. The van der Waals surface area contributed by atoms with Crippen LogP contribution in [0.4, 0.5) is 0 Å². The van der Waals surface area contributed by atoms with E-state index in [4.69, 9.17) is 16.0 Å². The average molecular weight is 348 g/mol. The van der Waals surface area contributed by atoms with Crippen molar-refractivity contribution in [3.05, 3.63) is 77.0 Å². The number of halogens is 2. The summed E-state index contributed by atoms with van der Waals surface area (Å²) < 4.78 is 5.58. The third-order valence-corrected chi connectivity index (χ3v) is 3.97. The van der Waals surface area contributed by atoms with Crippen molar-refractivity contribution in [3.8, 4) is 0 Å². The second-order valence-electron chi connectivity index (χ2n) is 5.38. The summed E-state index contributed by atoms with van der Waals surface area (Å²) in [6.07, 6.45) is 6.04. The molecular weight excluding hydrogens is 329 g/mol. The molecule has 2 aromatic carbocycles. The molecule has 0 radical (unpaired) electrons. The van der Waals surface area contributed by atoms with Crippen LogP contribution in [-0.4, -0.2) is 18.5 Å². The van der Waals surface area contributed by atoms with Gasteiger partial charge in [-0.3, -0.25) is 4.90 Å². The lowest BCUT2D eigenvalue weighted by molar-refractivity contribution is 0.363. The van der Waals surface area contributed by atoms with Crippen LogP contribution in [0.5, 0.6) is 0 Å².